The van der Waals surface area contributed by atoms with E-state index < -0.39 is 6.10 Å². The lowest BCUT2D eigenvalue weighted by Gasteiger charge is -2.02. The lowest BCUT2D eigenvalue weighted by atomic mass is 10.1. The molecule has 0 heterocycles. The van der Waals surface area contributed by atoms with E-state index in [1.807, 2.05) is 0 Å². The Bertz CT molecular complexity index is 322. The van der Waals surface area contributed by atoms with Crippen molar-refractivity contribution in [2.75, 3.05) is 0 Å². The predicted octanol–water partition coefficient (Wildman–Crippen LogP) is 1.88. The van der Waals surface area contributed by atoms with Gasteiger partial charge in [-0.1, -0.05) is 18.1 Å². The Balaban J connectivity index is 2.92. The summed E-state index contributed by atoms with van der Waals surface area (Å²) >= 11 is 0. The van der Waals surface area contributed by atoms with E-state index in [-0.39, 0.29) is 5.82 Å². The smallest absolute Gasteiger partial charge is 0.140 e. The Morgan fingerprint density at radius 3 is 2.83 bits per heavy atom. The monoisotopic (exact) mass is 164 g/mol. The fraction of sp³-hybridized carbons (Fsp3) is 0.200. The maximum absolute atomic E-state index is 12.6. The first-order valence-corrected chi connectivity index (χ1v) is 3.60. The Hall–Kier alpha value is -1.33. The molecule has 0 bridgehead atoms. The highest BCUT2D eigenvalue weighted by atomic mass is 19.1. The third-order valence-corrected chi connectivity index (χ3v) is 1.45. The van der Waals surface area contributed by atoms with Crippen molar-refractivity contribution in [3.8, 4) is 11.8 Å². The maximum Gasteiger partial charge on any atom is 0.140 e. The number of halogens is 1. The van der Waals surface area contributed by atoms with Crippen molar-refractivity contribution in [2.45, 2.75) is 13.0 Å². The molecule has 1 atom stereocenters. The lowest BCUT2D eigenvalue weighted by molar-refractivity contribution is 0.238. The molecule has 0 aliphatic carbocycles. The highest BCUT2D eigenvalue weighted by Gasteiger charge is 2.02. The van der Waals surface area contributed by atoms with Crippen LogP contribution >= 0.6 is 0 Å². The third-order valence-electron chi connectivity index (χ3n) is 1.45. The van der Waals surface area contributed by atoms with E-state index in [2.05, 4.69) is 11.8 Å². The maximum atomic E-state index is 12.6. The van der Waals surface area contributed by atoms with Gasteiger partial charge in [0.05, 0.1) is 0 Å². The highest BCUT2D eigenvalue weighted by Crippen LogP contribution is 2.12. The van der Waals surface area contributed by atoms with Crippen molar-refractivity contribution in [1.29, 1.82) is 0 Å². The Morgan fingerprint density at radius 2 is 2.25 bits per heavy atom. The molecule has 1 aromatic rings. The first-order valence-electron chi connectivity index (χ1n) is 3.60. The fourth-order valence-electron chi connectivity index (χ4n) is 0.897. The van der Waals surface area contributed by atoms with E-state index in [4.69, 9.17) is 0 Å². The fourth-order valence-corrected chi connectivity index (χ4v) is 0.897. The first kappa shape index (κ1) is 8.76. The molecule has 1 unspecified atom stereocenters. The van der Waals surface area contributed by atoms with Crippen molar-refractivity contribution in [1.82, 2.24) is 0 Å². The van der Waals surface area contributed by atoms with Gasteiger partial charge in [-0.05, 0) is 24.6 Å². The lowest BCUT2D eigenvalue weighted by Crippen LogP contribution is -1.93. The number of rotatable bonds is 1. The second kappa shape index (κ2) is 3.89. The molecule has 1 nitrogen and oxygen atoms in total. The summed E-state index contributed by atoms with van der Waals surface area (Å²) in [6.07, 6.45) is -0.884. The zero-order valence-electron chi connectivity index (χ0n) is 6.71. The molecule has 0 aromatic heterocycles. The molecule has 0 radical (unpaired) electrons. The van der Waals surface area contributed by atoms with E-state index in [9.17, 15) is 9.50 Å². The quantitative estimate of drug-likeness (QED) is 0.628. The van der Waals surface area contributed by atoms with E-state index in [1.54, 1.807) is 19.1 Å². The average Bonchev–Trinajstić information content (AvgIpc) is 2.05. The van der Waals surface area contributed by atoms with Gasteiger partial charge in [-0.15, -0.1) is 5.92 Å². The summed E-state index contributed by atoms with van der Waals surface area (Å²) in [7, 11) is 0. The van der Waals surface area contributed by atoms with Crippen LogP contribution in [0.2, 0.25) is 0 Å². The van der Waals surface area contributed by atoms with Crippen LogP contribution in [0.3, 0.4) is 0 Å². The van der Waals surface area contributed by atoms with Gasteiger partial charge in [0.2, 0.25) is 0 Å². The zero-order chi connectivity index (χ0) is 8.97. The Labute approximate surface area is 70.9 Å². The summed E-state index contributed by atoms with van der Waals surface area (Å²) in [6.45, 7) is 1.63. The molecular formula is C10H9FO. The molecule has 0 saturated heterocycles. The second-order valence-corrected chi connectivity index (χ2v) is 2.35. The van der Waals surface area contributed by atoms with Crippen LogP contribution < -0.4 is 0 Å². The van der Waals surface area contributed by atoms with E-state index in [0.717, 1.165) is 0 Å². The van der Waals surface area contributed by atoms with Crippen LogP contribution in [0.5, 0.6) is 0 Å². The Kier molecular flexibility index (Phi) is 2.84. The molecule has 0 saturated carbocycles. The van der Waals surface area contributed by atoms with Crippen LogP contribution in [0.15, 0.2) is 24.3 Å². The van der Waals surface area contributed by atoms with Gasteiger partial charge in [0.1, 0.15) is 11.9 Å². The molecule has 1 aromatic carbocycles. The van der Waals surface area contributed by atoms with E-state index in [0.29, 0.717) is 5.56 Å². The molecule has 2 heteroatoms. The summed E-state index contributed by atoms with van der Waals surface area (Å²) < 4.78 is 12.6. The van der Waals surface area contributed by atoms with Gasteiger partial charge in [0, 0.05) is 0 Å². The summed E-state index contributed by atoms with van der Waals surface area (Å²) in [5.41, 5.74) is 0.490. The van der Waals surface area contributed by atoms with Crippen LogP contribution in [-0.2, 0) is 0 Å². The molecule has 0 amide bonds. The zero-order valence-corrected chi connectivity index (χ0v) is 6.71. The molecule has 0 aliphatic rings. The van der Waals surface area contributed by atoms with Gasteiger partial charge in [-0.25, -0.2) is 4.39 Å². The first-order chi connectivity index (χ1) is 5.74. The predicted molar refractivity (Wildman–Crippen MR) is 44.8 cm³/mol. The highest BCUT2D eigenvalue weighted by molar-refractivity contribution is 5.25. The number of hydrogen-bond acceptors (Lipinski definition) is 1. The van der Waals surface area contributed by atoms with Crippen molar-refractivity contribution >= 4 is 0 Å². The minimum atomic E-state index is -0.884. The third kappa shape index (κ3) is 2.08. The van der Waals surface area contributed by atoms with Gasteiger partial charge in [0.25, 0.3) is 0 Å². The molecule has 1 rings (SSSR count). The summed E-state index contributed by atoms with van der Waals surface area (Å²) in [5, 5.41) is 9.30. The van der Waals surface area contributed by atoms with Crippen LogP contribution in [0.1, 0.15) is 18.6 Å². The van der Waals surface area contributed by atoms with Gasteiger partial charge in [0.15, 0.2) is 0 Å². The number of aliphatic hydroxyl groups is 1. The molecular weight excluding hydrogens is 155 g/mol. The molecule has 0 fully saturated rings. The van der Waals surface area contributed by atoms with Gasteiger partial charge in [-0.2, -0.15) is 0 Å². The number of aliphatic hydroxyl groups excluding tert-OH is 1. The van der Waals surface area contributed by atoms with Crippen molar-refractivity contribution < 1.29 is 9.50 Å². The molecule has 0 aliphatic heterocycles. The molecule has 0 spiro atoms. The van der Waals surface area contributed by atoms with Crippen molar-refractivity contribution in [2.24, 2.45) is 0 Å². The molecule has 1 N–H and O–H groups in total. The van der Waals surface area contributed by atoms with Gasteiger partial charge < -0.3 is 5.11 Å². The van der Waals surface area contributed by atoms with Gasteiger partial charge >= 0.3 is 0 Å². The van der Waals surface area contributed by atoms with Crippen molar-refractivity contribution in [3.63, 3.8) is 0 Å². The van der Waals surface area contributed by atoms with Crippen LogP contribution in [0.25, 0.3) is 0 Å². The molecule has 62 valence electrons. The standard InChI is InChI=1S/C10H9FO/c1-2-4-10(12)8-5-3-6-9(11)7-8/h3,5-7,10,12H,1H3. The largest absolute Gasteiger partial charge is 0.376 e. The summed E-state index contributed by atoms with van der Waals surface area (Å²) in [4.78, 5) is 0. The summed E-state index contributed by atoms with van der Waals surface area (Å²) in [6, 6.07) is 5.79. The Morgan fingerprint density at radius 1 is 1.50 bits per heavy atom. The minimum Gasteiger partial charge on any atom is -0.376 e. The summed E-state index contributed by atoms with van der Waals surface area (Å²) in [5.74, 6) is 4.73. The SMILES string of the molecule is CC#CC(O)c1cccc(F)c1. The van der Waals surface area contributed by atoms with Crippen LogP contribution in [0.4, 0.5) is 4.39 Å². The molecule has 12 heavy (non-hydrogen) atoms. The second-order valence-electron chi connectivity index (χ2n) is 2.35. The average molecular weight is 164 g/mol. The van der Waals surface area contributed by atoms with E-state index in [1.165, 1.54) is 12.1 Å². The van der Waals surface area contributed by atoms with Crippen LogP contribution in [-0.4, -0.2) is 5.11 Å². The topological polar surface area (TPSA) is 20.2 Å². The van der Waals surface area contributed by atoms with Crippen molar-refractivity contribution in [3.05, 3.63) is 35.6 Å². The minimum absolute atomic E-state index is 0.357. The normalized spacial score (nSPS) is 11.6. The number of benzene rings is 1. The number of hydrogen-bond donors (Lipinski definition) is 1. The van der Waals surface area contributed by atoms with Crippen LogP contribution in [0, 0.1) is 17.7 Å². The van der Waals surface area contributed by atoms with E-state index >= 15 is 0 Å². The van der Waals surface area contributed by atoms with Gasteiger partial charge in [-0.3, -0.25) is 0 Å².